The number of fused-ring (bicyclic) bond motifs is 3. The minimum atomic E-state index is -0.389. The highest BCUT2D eigenvalue weighted by atomic mass is 16.5. The topological polar surface area (TPSA) is 85.3 Å². The molecule has 0 bridgehead atoms. The summed E-state index contributed by atoms with van der Waals surface area (Å²) < 4.78 is 13.6. The van der Waals surface area contributed by atoms with E-state index in [4.69, 9.17) is 14.5 Å². The number of benzene rings is 1. The second kappa shape index (κ2) is 8.82. The van der Waals surface area contributed by atoms with Gasteiger partial charge in [-0.3, -0.25) is 14.5 Å². The van der Waals surface area contributed by atoms with Crippen molar-refractivity contribution >= 4 is 5.91 Å². The maximum absolute atomic E-state index is 13.9. The number of morpholine rings is 1. The fourth-order valence-corrected chi connectivity index (χ4v) is 5.32. The zero-order valence-corrected chi connectivity index (χ0v) is 21.6. The van der Waals surface area contributed by atoms with Crippen molar-refractivity contribution in [1.29, 1.82) is 0 Å². The molecule has 1 fully saturated rings. The molecule has 1 N–H and O–H groups in total. The molecule has 186 valence electrons. The molecule has 1 amide bonds. The smallest absolute Gasteiger partial charge is 0.274 e. The standard InChI is InChI=1S/C27H35N5O3/c1-16(2)11-19-12-21-18(13-22(19)34-6)7-8-20-24(26(33)31-9-10-35-15-27(31,4)5)29-25(32(20)21)23-17(3)14-28-30-23/h12-14,16H,7-11,15H2,1-6H3,(H,28,30). The number of nitrogens with zero attached hydrogens (tertiary/aromatic N) is 4. The molecule has 1 saturated heterocycles. The van der Waals surface area contributed by atoms with Gasteiger partial charge in [-0.2, -0.15) is 5.10 Å². The molecule has 8 heteroatoms. The third-order valence-electron chi connectivity index (χ3n) is 7.10. The molecule has 4 heterocycles. The number of amides is 1. The maximum Gasteiger partial charge on any atom is 0.274 e. The Balaban J connectivity index is 1.71. The van der Waals surface area contributed by atoms with Gasteiger partial charge >= 0.3 is 0 Å². The van der Waals surface area contributed by atoms with E-state index in [2.05, 4.69) is 40.7 Å². The number of aromatic nitrogens is 4. The summed E-state index contributed by atoms with van der Waals surface area (Å²) in [5.74, 6) is 2.10. The molecule has 1 aromatic carbocycles. The summed E-state index contributed by atoms with van der Waals surface area (Å²) in [5, 5.41) is 7.36. The number of imidazole rings is 1. The first-order chi connectivity index (χ1) is 16.7. The highest BCUT2D eigenvalue weighted by molar-refractivity contribution is 5.95. The Morgan fingerprint density at radius 3 is 2.74 bits per heavy atom. The third kappa shape index (κ3) is 4.03. The fourth-order valence-electron chi connectivity index (χ4n) is 5.32. The lowest BCUT2D eigenvalue weighted by atomic mass is 9.94. The van der Waals surface area contributed by atoms with Gasteiger partial charge in [-0.25, -0.2) is 4.98 Å². The van der Waals surface area contributed by atoms with Crippen LogP contribution in [-0.4, -0.2) is 63.0 Å². The van der Waals surface area contributed by atoms with Gasteiger partial charge in [0.25, 0.3) is 5.91 Å². The lowest BCUT2D eigenvalue weighted by Crippen LogP contribution is -2.55. The molecule has 0 radical (unpaired) electrons. The number of ether oxygens (including phenoxy) is 2. The molecule has 2 aliphatic heterocycles. The van der Waals surface area contributed by atoms with Crippen LogP contribution in [0.2, 0.25) is 0 Å². The zero-order valence-electron chi connectivity index (χ0n) is 21.6. The van der Waals surface area contributed by atoms with E-state index >= 15 is 0 Å². The Labute approximate surface area is 206 Å². The quantitative estimate of drug-likeness (QED) is 0.597. The van der Waals surface area contributed by atoms with Crippen molar-refractivity contribution in [2.45, 2.75) is 59.4 Å². The van der Waals surface area contributed by atoms with E-state index in [1.807, 2.05) is 25.7 Å². The Hall–Kier alpha value is -3.13. The van der Waals surface area contributed by atoms with Gasteiger partial charge in [0.15, 0.2) is 11.5 Å². The molecule has 0 aliphatic carbocycles. The van der Waals surface area contributed by atoms with Crippen LogP contribution in [0.25, 0.3) is 17.2 Å². The summed E-state index contributed by atoms with van der Waals surface area (Å²) in [6.07, 6.45) is 4.26. The molecule has 35 heavy (non-hydrogen) atoms. The van der Waals surface area contributed by atoms with Crippen LogP contribution < -0.4 is 4.74 Å². The number of carbonyl (C=O) groups excluding carboxylic acids is 1. The number of rotatable bonds is 5. The lowest BCUT2D eigenvalue weighted by Gasteiger charge is -2.41. The minimum Gasteiger partial charge on any atom is -0.496 e. The summed E-state index contributed by atoms with van der Waals surface area (Å²) >= 11 is 0. The predicted molar refractivity (Wildman–Crippen MR) is 134 cm³/mol. The van der Waals surface area contributed by atoms with E-state index in [9.17, 15) is 4.79 Å². The average Bonchev–Trinajstić information content (AvgIpc) is 3.40. The highest BCUT2D eigenvalue weighted by Gasteiger charge is 2.38. The number of H-pyrrole nitrogens is 1. The number of nitrogens with one attached hydrogen (secondary N) is 1. The van der Waals surface area contributed by atoms with Crippen LogP contribution in [0.3, 0.4) is 0 Å². The maximum atomic E-state index is 13.9. The molecule has 0 atom stereocenters. The molecule has 0 saturated carbocycles. The Morgan fingerprint density at radius 2 is 2.09 bits per heavy atom. The molecular weight excluding hydrogens is 442 g/mol. The van der Waals surface area contributed by atoms with Crippen molar-refractivity contribution < 1.29 is 14.3 Å². The summed E-state index contributed by atoms with van der Waals surface area (Å²) in [5.41, 5.74) is 6.35. The van der Waals surface area contributed by atoms with Crippen molar-refractivity contribution in [1.82, 2.24) is 24.6 Å². The van der Waals surface area contributed by atoms with Crippen molar-refractivity contribution in [3.05, 3.63) is 46.4 Å². The van der Waals surface area contributed by atoms with E-state index in [1.165, 1.54) is 5.56 Å². The van der Waals surface area contributed by atoms with Crippen LogP contribution in [0.4, 0.5) is 0 Å². The highest BCUT2D eigenvalue weighted by Crippen LogP contribution is 2.38. The van der Waals surface area contributed by atoms with Gasteiger partial charge in [0.05, 0.1) is 43.4 Å². The molecule has 8 nitrogen and oxygen atoms in total. The van der Waals surface area contributed by atoms with Crippen LogP contribution in [0.5, 0.6) is 5.75 Å². The van der Waals surface area contributed by atoms with Crippen molar-refractivity contribution in [2.24, 2.45) is 5.92 Å². The third-order valence-corrected chi connectivity index (χ3v) is 7.10. The van der Waals surface area contributed by atoms with E-state index in [-0.39, 0.29) is 11.4 Å². The second-order valence-corrected chi connectivity index (χ2v) is 10.7. The van der Waals surface area contributed by atoms with Gasteiger partial charge in [0, 0.05) is 6.54 Å². The second-order valence-electron chi connectivity index (χ2n) is 10.7. The van der Waals surface area contributed by atoms with Crippen molar-refractivity contribution in [2.75, 3.05) is 26.9 Å². The van der Waals surface area contributed by atoms with E-state index in [1.54, 1.807) is 13.3 Å². The van der Waals surface area contributed by atoms with Crippen LogP contribution in [0.15, 0.2) is 18.3 Å². The molecular formula is C27H35N5O3. The summed E-state index contributed by atoms with van der Waals surface area (Å²) in [6.45, 7) is 12.1. The molecule has 3 aromatic rings. The summed E-state index contributed by atoms with van der Waals surface area (Å²) in [4.78, 5) is 20.8. The van der Waals surface area contributed by atoms with E-state index in [0.29, 0.717) is 31.4 Å². The van der Waals surface area contributed by atoms with Crippen LogP contribution >= 0.6 is 0 Å². The average molecular weight is 478 g/mol. The SMILES string of the molecule is COc1cc2c(cc1CC(C)C)-n1c(-c3[nH]ncc3C)nc(C(=O)N3CCOCC3(C)C)c1CC2. The first-order valence-electron chi connectivity index (χ1n) is 12.4. The number of aryl methyl sites for hydroxylation is 2. The van der Waals surface area contributed by atoms with Gasteiger partial charge in [-0.05, 0) is 74.8 Å². The number of carbonyl (C=O) groups is 1. The molecule has 0 unspecified atom stereocenters. The van der Waals surface area contributed by atoms with Gasteiger partial charge in [0.2, 0.25) is 0 Å². The number of hydrogen-bond donors (Lipinski definition) is 1. The molecule has 0 spiro atoms. The normalized spacial score (nSPS) is 16.8. The summed E-state index contributed by atoms with van der Waals surface area (Å²) in [6, 6.07) is 4.38. The van der Waals surface area contributed by atoms with Crippen LogP contribution in [0, 0.1) is 12.8 Å². The Morgan fingerprint density at radius 1 is 1.29 bits per heavy atom. The van der Waals surface area contributed by atoms with Gasteiger partial charge in [-0.15, -0.1) is 0 Å². The Bertz CT molecular complexity index is 1270. The minimum absolute atomic E-state index is 0.0372. The summed E-state index contributed by atoms with van der Waals surface area (Å²) in [7, 11) is 1.73. The van der Waals surface area contributed by atoms with Gasteiger partial charge < -0.3 is 14.4 Å². The zero-order chi connectivity index (χ0) is 24.9. The number of aromatic amines is 1. The lowest BCUT2D eigenvalue weighted by molar-refractivity contribution is -0.0373. The van der Waals surface area contributed by atoms with Crippen LogP contribution in [-0.2, 0) is 24.0 Å². The number of methoxy groups -OCH3 is 1. The van der Waals surface area contributed by atoms with Crippen molar-refractivity contribution in [3.8, 4) is 23.0 Å². The van der Waals surface area contributed by atoms with Gasteiger partial charge in [0.1, 0.15) is 11.4 Å². The molecule has 2 aliphatic rings. The van der Waals surface area contributed by atoms with Crippen LogP contribution in [0.1, 0.15) is 60.6 Å². The Kier molecular flexibility index (Phi) is 5.95. The largest absolute Gasteiger partial charge is 0.496 e. The van der Waals surface area contributed by atoms with E-state index < -0.39 is 0 Å². The van der Waals surface area contributed by atoms with Gasteiger partial charge in [-0.1, -0.05) is 13.8 Å². The van der Waals surface area contributed by atoms with Crippen molar-refractivity contribution in [3.63, 3.8) is 0 Å². The monoisotopic (exact) mass is 477 g/mol. The first kappa shape index (κ1) is 23.6. The number of hydrogen-bond acceptors (Lipinski definition) is 5. The molecule has 5 rings (SSSR count). The fraction of sp³-hybridized carbons (Fsp3) is 0.519. The predicted octanol–water partition coefficient (Wildman–Crippen LogP) is 4.13. The molecule has 2 aromatic heterocycles. The first-order valence-corrected chi connectivity index (χ1v) is 12.4. The van der Waals surface area contributed by atoms with E-state index in [0.717, 1.165) is 59.0 Å².